The molecular weight excluding hydrogens is 400 g/mol. The lowest BCUT2D eigenvalue weighted by Crippen LogP contribution is -2.51. The molecule has 0 saturated carbocycles. The number of halogens is 1. The first kappa shape index (κ1) is 20.4. The van der Waals surface area contributed by atoms with Gasteiger partial charge in [0.25, 0.3) is 5.91 Å². The van der Waals surface area contributed by atoms with Crippen LogP contribution in [-0.2, 0) is 14.6 Å². The van der Waals surface area contributed by atoms with Gasteiger partial charge in [0.2, 0.25) is 5.91 Å². The molecular formula is C20H21ClN2O4S. The van der Waals surface area contributed by atoms with Crippen molar-refractivity contribution in [1.82, 2.24) is 9.80 Å². The van der Waals surface area contributed by atoms with Crippen molar-refractivity contribution in [3.05, 3.63) is 64.7 Å². The van der Waals surface area contributed by atoms with Gasteiger partial charge < -0.3 is 9.80 Å². The predicted octanol–water partition coefficient (Wildman–Crippen LogP) is 2.41. The van der Waals surface area contributed by atoms with Gasteiger partial charge in [0.05, 0.1) is 4.90 Å². The maximum absolute atomic E-state index is 12.5. The molecule has 1 heterocycles. The molecule has 148 valence electrons. The molecule has 0 spiro atoms. The van der Waals surface area contributed by atoms with Gasteiger partial charge in [-0.25, -0.2) is 8.42 Å². The average molecular weight is 421 g/mol. The van der Waals surface area contributed by atoms with Crippen molar-refractivity contribution in [2.75, 3.05) is 31.9 Å². The molecule has 2 aromatic carbocycles. The summed E-state index contributed by atoms with van der Waals surface area (Å²) in [6.07, 6.45) is 0. The highest BCUT2D eigenvalue weighted by Gasteiger charge is 2.28. The minimum absolute atomic E-state index is 0.0680. The van der Waals surface area contributed by atoms with E-state index < -0.39 is 21.5 Å². The van der Waals surface area contributed by atoms with Crippen molar-refractivity contribution < 1.29 is 18.0 Å². The van der Waals surface area contributed by atoms with E-state index in [1.165, 1.54) is 29.2 Å². The summed E-state index contributed by atoms with van der Waals surface area (Å²) in [5.74, 6) is -1.14. The van der Waals surface area contributed by atoms with Gasteiger partial charge >= 0.3 is 0 Å². The number of carbonyl (C=O) groups excluding carboxylic acids is 2. The maximum atomic E-state index is 12.5. The van der Waals surface area contributed by atoms with E-state index in [2.05, 4.69) is 0 Å². The van der Waals surface area contributed by atoms with Gasteiger partial charge in [-0.15, -0.1) is 0 Å². The Hall–Kier alpha value is -2.38. The number of benzene rings is 2. The van der Waals surface area contributed by atoms with E-state index in [0.29, 0.717) is 36.8 Å². The monoisotopic (exact) mass is 420 g/mol. The number of aryl methyl sites for hydroxylation is 1. The van der Waals surface area contributed by atoms with Crippen molar-refractivity contribution in [1.29, 1.82) is 0 Å². The summed E-state index contributed by atoms with van der Waals surface area (Å²) in [7, 11) is -3.73. The topological polar surface area (TPSA) is 74.8 Å². The van der Waals surface area contributed by atoms with Gasteiger partial charge in [-0.1, -0.05) is 29.3 Å². The Morgan fingerprint density at radius 2 is 1.43 bits per heavy atom. The molecule has 2 aromatic rings. The number of sulfone groups is 1. The average Bonchev–Trinajstić information content (AvgIpc) is 2.68. The zero-order chi connectivity index (χ0) is 20.3. The molecule has 8 heteroatoms. The second-order valence-corrected chi connectivity index (χ2v) is 9.18. The van der Waals surface area contributed by atoms with Crippen LogP contribution in [0.1, 0.15) is 15.9 Å². The molecule has 3 rings (SSSR count). The zero-order valence-corrected chi connectivity index (χ0v) is 17.0. The van der Waals surface area contributed by atoms with E-state index in [1.807, 2.05) is 19.1 Å². The molecule has 0 N–H and O–H groups in total. The number of amides is 2. The van der Waals surface area contributed by atoms with Crippen LogP contribution < -0.4 is 0 Å². The molecule has 0 bridgehead atoms. The van der Waals surface area contributed by atoms with Crippen LogP contribution in [0.5, 0.6) is 0 Å². The molecule has 0 aromatic heterocycles. The number of nitrogens with zero attached hydrogens (tertiary/aromatic N) is 2. The standard InChI is InChI=1S/C20H21ClN2O4S/c1-15-2-4-16(5-3-15)20(25)23-12-10-22(11-13-23)19(24)14-28(26,27)18-8-6-17(21)7-9-18/h2-9H,10-14H2,1H3. The molecule has 28 heavy (non-hydrogen) atoms. The van der Waals surface area contributed by atoms with Gasteiger partial charge in [-0.2, -0.15) is 0 Å². The van der Waals surface area contributed by atoms with Crippen molar-refractivity contribution in [3.8, 4) is 0 Å². The van der Waals surface area contributed by atoms with Crippen LogP contribution >= 0.6 is 11.6 Å². The van der Waals surface area contributed by atoms with Gasteiger partial charge in [0.15, 0.2) is 9.84 Å². The Morgan fingerprint density at radius 3 is 2.00 bits per heavy atom. The summed E-state index contributed by atoms with van der Waals surface area (Å²) in [5.41, 5.74) is 1.68. The molecule has 1 aliphatic rings. The second-order valence-electron chi connectivity index (χ2n) is 6.75. The lowest BCUT2D eigenvalue weighted by Gasteiger charge is -2.34. The van der Waals surface area contributed by atoms with Crippen LogP contribution in [0.3, 0.4) is 0 Å². The van der Waals surface area contributed by atoms with E-state index in [0.717, 1.165) is 5.56 Å². The molecule has 6 nitrogen and oxygen atoms in total. The van der Waals surface area contributed by atoms with E-state index in [-0.39, 0.29) is 10.8 Å². The summed E-state index contributed by atoms with van der Waals surface area (Å²) in [6.45, 7) is 3.33. The highest BCUT2D eigenvalue weighted by atomic mass is 35.5. The number of piperazine rings is 1. The van der Waals surface area contributed by atoms with Gasteiger partial charge in [0, 0.05) is 36.8 Å². The number of rotatable bonds is 4. The smallest absolute Gasteiger partial charge is 0.253 e. The third kappa shape index (κ3) is 4.72. The lowest BCUT2D eigenvalue weighted by atomic mass is 10.1. The van der Waals surface area contributed by atoms with Crippen LogP contribution in [0.15, 0.2) is 53.4 Å². The van der Waals surface area contributed by atoms with Crippen LogP contribution in [0.2, 0.25) is 5.02 Å². The van der Waals surface area contributed by atoms with Crippen molar-refractivity contribution >= 4 is 33.3 Å². The second kappa shape index (κ2) is 8.32. The Bertz CT molecular complexity index is 964. The molecule has 1 fully saturated rings. The molecule has 1 aliphatic heterocycles. The van der Waals surface area contributed by atoms with Crippen molar-refractivity contribution in [3.63, 3.8) is 0 Å². The summed E-state index contributed by atoms with van der Waals surface area (Å²) in [4.78, 5) is 28.2. The molecule has 1 saturated heterocycles. The fourth-order valence-corrected chi connectivity index (χ4v) is 4.37. The highest BCUT2D eigenvalue weighted by Crippen LogP contribution is 2.17. The normalized spacial score (nSPS) is 14.8. The summed E-state index contributed by atoms with van der Waals surface area (Å²) >= 11 is 5.78. The fourth-order valence-electron chi connectivity index (χ4n) is 3.02. The molecule has 0 aliphatic carbocycles. The number of hydrogen-bond acceptors (Lipinski definition) is 4. The summed E-state index contributed by atoms with van der Waals surface area (Å²) in [6, 6.07) is 13.1. The Labute approximate surface area is 169 Å². The van der Waals surface area contributed by atoms with Crippen LogP contribution in [0.25, 0.3) is 0 Å². The van der Waals surface area contributed by atoms with E-state index in [1.54, 1.807) is 17.0 Å². The quantitative estimate of drug-likeness (QED) is 0.761. The minimum Gasteiger partial charge on any atom is -0.338 e. The molecule has 2 amide bonds. The summed E-state index contributed by atoms with van der Waals surface area (Å²) in [5, 5.41) is 0.430. The van der Waals surface area contributed by atoms with Crippen LogP contribution in [-0.4, -0.2) is 62.0 Å². The Balaban J connectivity index is 1.58. The first-order valence-electron chi connectivity index (χ1n) is 8.88. The van der Waals surface area contributed by atoms with Crippen LogP contribution in [0.4, 0.5) is 0 Å². The SMILES string of the molecule is Cc1ccc(C(=O)N2CCN(C(=O)CS(=O)(=O)c3ccc(Cl)cc3)CC2)cc1. The third-order valence-electron chi connectivity index (χ3n) is 4.70. The maximum Gasteiger partial charge on any atom is 0.253 e. The highest BCUT2D eigenvalue weighted by molar-refractivity contribution is 7.92. The number of carbonyl (C=O) groups is 2. The van der Waals surface area contributed by atoms with Crippen molar-refractivity contribution in [2.45, 2.75) is 11.8 Å². The Kier molecular flexibility index (Phi) is 6.05. The van der Waals surface area contributed by atoms with Gasteiger partial charge in [-0.05, 0) is 43.3 Å². The van der Waals surface area contributed by atoms with E-state index in [9.17, 15) is 18.0 Å². The van der Waals surface area contributed by atoms with E-state index in [4.69, 9.17) is 11.6 Å². The third-order valence-corrected chi connectivity index (χ3v) is 6.57. The van der Waals surface area contributed by atoms with E-state index >= 15 is 0 Å². The lowest BCUT2D eigenvalue weighted by molar-refractivity contribution is -0.129. The number of hydrogen-bond donors (Lipinski definition) is 0. The minimum atomic E-state index is -3.73. The van der Waals surface area contributed by atoms with Gasteiger partial charge in [0.1, 0.15) is 5.75 Å². The van der Waals surface area contributed by atoms with Crippen molar-refractivity contribution in [2.24, 2.45) is 0 Å². The summed E-state index contributed by atoms with van der Waals surface area (Å²) < 4.78 is 24.9. The molecule has 0 atom stereocenters. The van der Waals surface area contributed by atoms with Gasteiger partial charge in [-0.3, -0.25) is 9.59 Å². The molecule has 0 radical (unpaired) electrons. The first-order chi connectivity index (χ1) is 13.3. The fraction of sp³-hybridized carbons (Fsp3) is 0.300. The Morgan fingerprint density at radius 1 is 0.893 bits per heavy atom. The zero-order valence-electron chi connectivity index (χ0n) is 15.5. The largest absolute Gasteiger partial charge is 0.338 e. The van der Waals surface area contributed by atoms with Crippen LogP contribution in [0, 0.1) is 6.92 Å². The molecule has 0 unspecified atom stereocenters. The first-order valence-corrected chi connectivity index (χ1v) is 10.9. The predicted molar refractivity (Wildman–Crippen MR) is 107 cm³/mol.